The zero-order valence-corrected chi connectivity index (χ0v) is 9.63. The summed E-state index contributed by atoms with van der Waals surface area (Å²) in [4.78, 5) is 23.4. The Labute approximate surface area is 98.1 Å². The summed E-state index contributed by atoms with van der Waals surface area (Å²) in [6.45, 7) is -0.170. The number of fused-ring (bicyclic) bond motifs is 1. The number of carbonyl (C=O) groups is 2. The van der Waals surface area contributed by atoms with Gasteiger partial charge in [0.2, 0.25) is 0 Å². The molecule has 1 saturated heterocycles. The van der Waals surface area contributed by atoms with Gasteiger partial charge in [-0.2, -0.15) is 8.42 Å². The molecule has 2 aliphatic rings. The van der Waals surface area contributed by atoms with Gasteiger partial charge in [0.1, 0.15) is 12.9 Å². The van der Waals surface area contributed by atoms with Gasteiger partial charge in [0.05, 0.1) is 11.4 Å². The van der Waals surface area contributed by atoms with Crippen LogP contribution in [0.1, 0.15) is 12.8 Å². The second-order valence-corrected chi connectivity index (χ2v) is 5.13. The van der Waals surface area contributed by atoms with Crippen molar-refractivity contribution in [2.75, 3.05) is 6.61 Å². The lowest BCUT2D eigenvalue weighted by molar-refractivity contribution is -0.112. The van der Waals surface area contributed by atoms with E-state index in [-0.39, 0.29) is 13.0 Å². The average molecular weight is 261 g/mol. The quantitative estimate of drug-likeness (QED) is 0.487. The Morgan fingerprint density at radius 3 is 2.88 bits per heavy atom. The molecule has 1 fully saturated rings. The van der Waals surface area contributed by atoms with Crippen LogP contribution in [0.3, 0.4) is 0 Å². The molecule has 1 amide bonds. The maximum Gasteiger partial charge on any atom is 0.412 e. The van der Waals surface area contributed by atoms with Crippen LogP contribution in [0.15, 0.2) is 11.5 Å². The first-order chi connectivity index (χ1) is 8.03. The topological polar surface area (TPSA) is 90.0 Å². The number of rotatable bonds is 1. The molecule has 0 N–H and O–H groups in total. The molecule has 0 bridgehead atoms. The van der Waals surface area contributed by atoms with E-state index in [4.69, 9.17) is 8.92 Å². The van der Waals surface area contributed by atoms with E-state index in [1.807, 2.05) is 0 Å². The number of hydrogen-bond donors (Lipinski definition) is 0. The summed E-state index contributed by atoms with van der Waals surface area (Å²) in [5.41, 5.74) is 0. The molecule has 0 aliphatic carbocycles. The second-order valence-electron chi connectivity index (χ2n) is 3.68. The Kier molecular flexibility index (Phi) is 3.16. The summed E-state index contributed by atoms with van der Waals surface area (Å²) >= 11 is 0. The van der Waals surface area contributed by atoms with Crippen LogP contribution in [0, 0.1) is 0 Å². The molecule has 0 radical (unpaired) electrons. The van der Waals surface area contributed by atoms with Crippen molar-refractivity contribution in [2.45, 2.75) is 25.1 Å². The Balaban J connectivity index is 2.30. The maximum atomic E-state index is 11.6. The summed E-state index contributed by atoms with van der Waals surface area (Å²) in [6.07, 6.45) is 0.693. The summed E-state index contributed by atoms with van der Waals surface area (Å²) in [7, 11) is -3.85. The van der Waals surface area contributed by atoms with E-state index in [9.17, 15) is 18.0 Å². The van der Waals surface area contributed by atoms with Crippen molar-refractivity contribution in [3.8, 4) is 0 Å². The van der Waals surface area contributed by atoms with Crippen LogP contribution in [0.25, 0.3) is 0 Å². The van der Waals surface area contributed by atoms with Gasteiger partial charge in [0.25, 0.3) is 10.1 Å². The van der Waals surface area contributed by atoms with E-state index >= 15 is 0 Å². The number of aldehydes is 1. The zero-order chi connectivity index (χ0) is 12.5. The van der Waals surface area contributed by atoms with Crippen LogP contribution < -0.4 is 0 Å². The molecular weight excluding hydrogens is 250 g/mol. The van der Waals surface area contributed by atoms with Crippen LogP contribution in [-0.2, 0) is 23.8 Å². The minimum absolute atomic E-state index is 0.170. The van der Waals surface area contributed by atoms with Gasteiger partial charge in [0.15, 0.2) is 6.23 Å². The molecule has 8 heteroatoms. The highest BCUT2D eigenvalue weighted by molar-refractivity contribution is 7.89. The fourth-order valence-corrected chi connectivity index (χ4v) is 2.70. The van der Waals surface area contributed by atoms with Crippen molar-refractivity contribution in [3.63, 3.8) is 0 Å². The van der Waals surface area contributed by atoms with Gasteiger partial charge in [-0.05, 0) is 18.9 Å². The molecule has 0 spiro atoms. The highest BCUT2D eigenvalue weighted by Crippen LogP contribution is 2.27. The van der Waals surface area contributed by atoms with E-state index in [0.717, 1.165) is 10.3 Å². The predicted molar refractivity (Wildman–Crippen MR) is 55.2 cm³/mol. The summed E-state index contributed by atoms with van der Waals surface area (Å²) in [6, 6.07) is -0.694. The molecule has 0 saturated carbocycles. The van der Waals surface area contributed by atoms with Crippen molar-refractivity contribution in [1.29, 1.82) is 0 Å². The normalized spacial score (nSPS) is 32.0. The summed E-state index contributed by atoms with van der Waals surface area (Å²) < 4.78 is 32.5. The van der Waals surface area contributed by atoms with E-state index in [1.54, 1.807) is 0 Å². The Bertz CT molecular complexity index is 456. The first kappa shape index (κ1) is 12.1. The van der Waals surface area contributed by atoms with E-state index in [2.05, 4.69) is 0 Å². The number of hydrogen-bond acceptors (Lipinski definition) is 6. The van der Waals surface area contributed by atoms with Gasteiger partial charge in [0, 0.05) is 0 Å². The zero-order valence-electron chi connectivity index (χ0n) is 8.81. The molecule has 1 unspecified atom stereocenters. The van der Waals surface area contributed by atoms with Crippen molar-refractivity contribution in [2.24, 2.45) is 0 Å². The molecule has 2 atom stereocenters. The Morgan fingerprint density at radius 2 is 2.18 bits per heavy atom. The molecule has 0 aromatic rings. The number of amides is 1. The van der Waals surface area contributed by atoms with Gasteiger partial charge in [-0.1, -0.05) is 0 Å². The highest BCUT2D eigenvalue weighted by atomic mass is 32.2. The van der Waals surface area contributed by atoms with Gasteiger partial charge < -0.3 is 9.53 Å². The lowest BCUT2D eigenvalue weighted by Crippen LogP contribution is -2.43. The number of carbonyl (C=O) groups excluding carboxylic acids is 2. The lowest BCUT2D eigenvalue weighted by atomic mass is 10.2. The lowest BCUT2D eigenvalue weighted by Gasteiger charge is -2.24. The first-order valence-corrected chi connectivity index (χ1v) is 6.51. The molecule has 2 rings (SSSR count). The fraction of sp³-hybridized carbons (Fsp3) is 0.556. The van der Waals surface area contributed by atoms with E-state index in [0.29, 0.717) is 12.7 Å². The van der Waals surface area contributed by atoms with Crippen molar-refractivity contribution in [3.05, 3.63) is 11.5 Å². The van der Waals surface area contributed by atoms with Crippen molar-refractivity contribution >= 4 is 22.5 Å². The van der Waals surface area contributed by atoms with Crippen molar-refractivity contribution in [1.82, 2.24) is 4.90 Å². The second kappa shape index (κ2) is 4.46. The van der Waals surface area contributed by atoms with Gasteiger partial charge in [-0.15, -0.1) is 0 Å². The summed E-state index contributed by atoms with van der Waals surface area (Å²) in [5, 5.41) is 0.845. The van der Waals surface area contributed by atoms with Gasteiger partial charge >= 0.3 is 6.09 Å². The smallest absolute Gasteiger partial charge is 0.412 e. The van der Waals surface area contributed by atoms with Crippen LogP contribution in [-0.4, -0.2) is 44.6 Å². The minimum Gasteiger partial charge on any atom is -0.445 e. The van der Waals surface area contributed by atoms with Crippen molar-refractivity contribution < 1.29 is 26.9 Å². The molecule has 7 nitrogen and oxygen atoms in total. The number of ether oxygens (including phenoxy) is 1. The molecular formula is C9H11NO6S. The van der Waals surface area contributed by atoms with Crippen LogP contribution in [0.4, 0.5) is 4.79 Å². The minimum atomic E-state index is -3.85. The molecule has 0 aromatic carbocycles. The number of cyclic esters (lactones) is 1. The van der Waals surface area contributed by atoms with E-state index in [1.165, 1.54) is 6.08 Å². The first-order valence-electron chi connectivity index (χ1n) is 5.04. The Hall–Kier alpha value is -1.41. The molecule has 2 heterocycles. The fourth-order valence-electron chi connectivity index (χ4n) is 1.82. The third-order valence-corrected chi connectivity index (χ3v) is 3.57. The van der Waals surface area contributed by atoms with Gasteiger partial charge in [-0.3, -0.25) is 4.90 Å². The summed E-state index contributed by atoms with van der Waals surface area (Å²) in [5.74, 6) is 0. The Morgan fingerprint density at radius 1 is 1.41 bits per heavy atom. The molecule has 0 aromatic heterocycles. The van der Waals surface area contributed by atoms with Gasteiger partial charge in [-0.25, -0.2) is 8.98 Å². The highest BCUT2D eigenvalue weighted by Gasteiger charge is 2.41. The molecule has 94 valence electrons. The SMILES string of the molecule is O=C[C@@H]1CCC2OS(=O)(=O)C=CCOC(=O)N21. The number of nitrogens with zero attached hydrogens (tertiary/aromatic N) is 1. The standard InChI is InChI=1S/C9H11NO6S/c11-6-7-2-3-8-10(7)9(12)15-4-1-5-17(13,14)16-8/h1,5-8H,2-4H2/t7-,8?/m0/s1. The predicted octanol–water partition coefficient (Wildman–Crippen LogP) is -0.0139. The van der Waals surface area contributed by atoms with E-state index < -0.39 is 28.5 Å². The third-order valence-electron chi connectivity index (χ3n) is 2.56. The molecule has 17 heavy (non-hydrogen) atoms. The third kappa shape index (κ3) is 2.47. The van der Waals surface area contributed by atoms with Crippen LogP contribution >= 0.6 is 0 Å². The molecule has 2 aliphatic heterocycles. The monoisotopic (exact) mass is 261 g/mol. The largest absolute Gasteiger partial charge is 0.445 e. The van der Waals surface area contributed by atoms with Crippen LogP contribution in [0.5, 0.6) is 0 Å². The average Bonchev–Trinajstić information content (AvgIpc) is 2.66. The maximum absolute atomic E-state index is 11.6. The van der Waals surface area contributed by atoms with Crippen LogP contribution in [0.2, 0.25) is 0 Å².